The van der Waals surface area contributed by atoms with Gasteiger partial charge in [0.25, 0.3) is 10.0 Å². The van der Waals surface area contributed by atoms with E-state index >= 15 is 0 Å². The highest BCUT2D eigenvalue weighted by Gasteiger charge is 2.29. The van der Waals surface area contributed by atoms with E-state index in [0.29, 0.717) is 18.0 Å². The second-order valence-electron chi connectivity index (χ2n) is 5.15. The lowest BCUT2D eigenvalue weighted by molar-refractivity contribution is -0.130. The molecule has 23 heavy (non-hydrogen) atoms. The number of thiophene rings is 2. The largest absolute Gasteiger partial charge is 0.478 e. The second-order valence-corrected chi connectivity index (χ2v) is 9.18. The van der Waals surface area contributed by atoms with Crippen LogP contribution in [0.3, 0.4) is 0 Å². The highest BCUT2D eigenvalue weighted by Crippen LogP contribution is 2.32. The number of carboxylic acid groups (broad SMARTS) is 1. The summed E-state index contributed by atoms with van der Waals surface area (Å²) in [5.74, 6) is -1.07. The van der Waals surface area contributed by atoms with Crippen molar-refractivity contribution in [2.45, 2.75) is 17.1 Å². The van der Waals surface area contributed by atoms with Gasteiger partial charge in [-0.15, -0.1) is 11.3 Å². The Morgan fingerprint density at radius 2 is 1.96 bits per heavy atom. The third-order valence-corrected chi connectivity index (χ3v) is 7.78. The quantitative estimate of drug-likeness (QED) is 0.821. The Balaban J connectivity index is 1.95. The average molecular weight is 369 g/mol. The molecule has 0 bridgehead atoms. The third kappa shape index (κ3) is 3.40. The minimum Gasteiger partial charge on any atom is -0.478 e. The molecule has 8 heteroatoms. The molecule has 3 rings (SSSR count). The van der Waals surface area contributed by atoms with E-state index in [-0.39, 0.29) is 9.78 Å². The first-order valence-electron chi connectivity index (χ1n) is 7.06. The van der Waals surface area contributed by atoms with Crippen molar-refractivity contribution in [1.29, 1.82) is 0 Å². The van der Waals surface area contributed by atoms with E-state index in [1.165, 1.54) is 21.7 Å². The summed E-state index contributed by atoms with van der Waals surface area (Å²) < 4.78 is 26.7. The molecule has 0 radical (unpaired) electrons. The fourth-order valence-corrected chi connectivity index (χ4v) is 6.02. The van der Waals surface area contributed by atoms with Crippen LogP contribution >= 0.6 is 22.7 Å². The molecule has 0 unspecified atom stereocenters. The van der Waals surface area contributed by atoms with Gasteiger partial charge in [0.2, 0.25) is 0 Å². The van der Waals surface area contributed by atoms with Gasteiger partial charge in [0.05, 0.1) is 5.57 Å². The molecule has 2 aromatic heterocycles. The van der Waals surface area contributed by atoms with Crippen molar-refractivity contribution in [1.82, 2.24) is 4.31 Å². The lowest BCUT2D eigenvalue weighted by Crippen LogP contribution is -2.27. The molecule has 122 valence electrons. The molecule has 0 saturated carbocycles. The van der Waals surface area contributed by atoms with Crippen LogP contribution in [0.1, 0.15) is 23.3 Å². The zero-order chi connectivity index (χ0) is 16.4. The van der Waals surface area contributed by atoms with Gasteiger partial charge in [-0.3, -0.25) is 0 Å². The van der Waals surface area contributed by atoms with Crippen LogP contribution in [0.25, 0.3) is 11.6 Å². The van der Waals surface area contributed by atoms with Crippen molar-refractivity contribution in [3.8, 4) is 0 Å². The van der Waals surface area contributed by atoms with E-state index in [4.69, 9.17) is 0 Å². The predicted octanol–water partition coefficient (Wildman–Crippen LogP) is 3.22. The van der Waals surface area contributed by atoms with Crippen molar-refractivity contribution in [3.63, 3.8) is 0 Å². The van der Waals surface area contributed by atoms with Gasteiger partial charge in [-0.1, -0.05) is 0 Å². The molecule has 1 aliphatic rings. The fraction of sp³-hybridized carbons (Fsp3) is 0.267. The molecule has 3 heterocycles. The normalized spacial score (nSPS) is 16.8. The average Bonchev–Trinajstić information content (AvgIpc) is 3.24. The Kier molecular flexibility index (Phi) is 4.67. The Morgan fingerprint density at radius 3 is 2.57 bits per heavy atom. The number of nitrogens with zero attached hydrogens (tertiary/aromatic N) is 1. The van der Waals surface area contributed by atoms with Crippen molar-refractivity contribution in [3.05, 3.63) is 39.4 Å². The minimum absolute atomic E-state index is 0.108. The Labute approximate surface area is 142 Å². The van der Waals surface area contributed by atoms with Crippen LogP contribution in [0, 0.1) is 0 Å². The first-order valence-corrected chi connectivity index (χ1v) is 10.3. The maximum atomic E-state index is 12.5. The maximum Gasteiger partial charge on any atom is 0.337 e. The van der Waals surface area contributed by atoms with Crippen molar-refractivity contribution in [2.75, 3.05) is 13.1 Å². The van der Waals surface area contributed by atoms with E-state index < -0.39 is 16.0 Å². The Hall–Kier alpha value is -1.48. The van der Waals surface area contributed by atoms with E-state index in [9.17, 15) is 18.3 Å². The van der Waals surface area contributed by atoms with E-state index in [0.717, 1.165) is 29.7 Å². The lowest BCUT2D eigenvalue weighted by Gasteiger charge is -2.13. The van der Waals surface area contributed by atoms with Crippen LogP contribution in [0.15, 0.2) is 33.2 Å². The summed E-state index contributed by atoms with van der Waals surface area (Å²) in [7, 11) is -3.51. The second kappa shape index (κ2) is 6.56. The van der Waals surface area contributed by atoms with Gasteiger partial charge in [-0.25, -0.2) is 13.2 Å². The summed E-state index contributed by atoms with van der Waals surface area (Å²) in [4.78, 5) is 12.0. The van der Waals surface area contributed by atoms with Gasteiger partial charge in [-0.2, -0.15) is 15.6 Å². The van der Waals surface area contributed by atoms with Crippen LogP contribution < -0.4 is 0 Å². The lowest BCUT2D eigenvalue weighted by atomic mass is 10.1. The molecule has 1 fully saturated rings. The van der Waals surface area contributed by atoms with Crippen LogP contribution in [0.5, 0.6) is 0 Å². The van der Waals surface area contributed by atoms with Crippen LogP contribution in [0.4, 0.5) is 0 Å². The van der Waals surface area contributed by atoms with Crippen molar-refractivity contribution < 1.29 is 18.3 Å². The third-order valence-electron chi connectivity index (χ3n) is 3.59. The first kappa shape index (κ1) is 16.4. The number of rotatable bonds is 5. The molecular formula is C15H15NO4S3. The Morgan fingerprint density at radius 1 is 1.22 bits per heavy atom. The molecule has 0 aliphatic carbocycles. The number of carboxylic acids is 1. The van der Waals surface area contributed by atoms with Crippen LogP contribution in [-0.4, -0.2) is 36.9 Å². The highest BCUT2D eigenvalue weighted by molar-refractivity contribution is 7.91. The van der Waals surface area contributed by atoms with E-state index in [1.807, 2.05) is 16.8 Å². The smallest absolute Gasteiger partial charge is 0.337 e. The number of hydrogen-bond acceptors (Lipinski definition) is 5. The van der Waals surface area contributed by atoms with Gasteiger partial charge >= 0.3 is 5.97 Å². The number of hydrogen-bond donors (Lipinski definition) is 1. The summed E-state index contributed by atoms with van der Waals surface area (Å²) in [5, 5.41) is 13.1. The standard InChI is InChI=1S/C15H15NO4S3/c17-15(18)12(9-11-5-8-21-10-11)13-3-4-14(22-13)23(19,20)16-6-1-2-7-16/h3-5,8-10H,1-2,6-7H2,(H,17,18). The molecule has 0 amide bonds. The fourth-order valence-electron chi connectivity index (χ4n) is 2.42. The van der Waals surface area contributed by atoms with Crippen LogP contribution in [-0.2, 0) is 14.8 Å². The molecular weight excluding hydrogens is 354 g/mol. The maximum absolute atomic E-state index is 12.5. The monoisotopic (exact) mass is 369 g/mol. The van der Waals surface area contributed by atoms with Gasteiger partial charge in [-0.05, 0) is 53.4 Å². The highest BCUT2D eigenvalue weighted by atomic mass is 32.2. The van der Waals surface area contributed by atoms with Gasteiger partial charge < -0.3 is 5.11 Å². The Bertz CT molecular complexity index is 828. The topological polar surface area (TPSA) is 74.7 Å². The molecule has 0 spiro atoms. The molecule has 0 atom stereocenters. The first-order chi connectivity index (χ1) is 11.0. The molecule has 1 aliphatic heterocycles. The number of sulfonamides is 1. The molecule has 2 aromatic rings. The molecule has 5 nitrogen and oxygen atoms in total. The van der Waals surface area contributed by atoms with Gasteiger partial charge in [0.15, 0.2) is 0 Å². The SMILES string of the molecule is O=C(O)C(=Cc1ccsc1)c1ccc(S(=O)(=O)N2CCCC2)s1. The van der Waals surface area contributed by atoms with E-state index in [1.54, 1.807) is 12.1 Å². The summed E-state index contributed by atoms with van der Waals surface area (Å²) in [6.07, 6.45) is 3.31. The van der Waals surface area contributed by atoms with Crippen molar-refractivity contribution in [2.24, 2.45) is 0 Å². The summed E-state index contributed by atoms with van der Waals surface area (Å²) in [6, 6.07) is 4.89. The molecule has 1 N–H and O–H groups in total. The van der Waals surface area contributed by atoms with Gasteiger partial charge in [0.1, 0.15) is 4.21 Å². The number of aliphatic carboxylic acids is 1. The summed E-state index contributed by atoms with van der Waals surface area (Å²) in [6.45, 7) is 1.07. The predicted molar refractivity (Wildman–Crippen MR) is 92.1 cm³/mol. The molecule has 0 aromatic carbocycles. The minimum atomic E-state index is -3.51. The molecule has 1 saturated heterocycles. The van der Waals surface area contributed by atoms with E-state index in [2.05, 4.69) is 0 Å². The zero-order valence-corrected chi connectivity index (χ0v) is 14.6. The summed E-state index contributed by atoms with van der Waals surface area (Å²) >= 11 is 2.49. The number of carbonyl (C=O) groups is 1. The summed E-state index contributed by atoms with van der Waals surface area (Å²) in [5.41, 5.74) is 0.904. The zero-order valence-electron chi connectivity index (χ0n) is 12.1. The van der Waals surface area contributed by atoms with Crippen LogP contribution in [0.2, 0.25) is 0 Å². The van der Waals surface area contributed by atoms with Gasteiger partial charge in [0, 0.05) is 18.0 Å². The van der Waals surface area contributed by atoms with Crippen molar-refractivity contribution >= 4 is 50.3 Å².